The van der Waals surface area contributed by atoms with Crippen LogP contribution in [0.1, 0.15) is 19.3 Å². The van der Waals surface area contributed by atoms with Crippen LogP contribution in [0, 0.1) is 0 Å². The van der Waals surface area contributed by atoms with E-state index < -0.39 is 0 Å². The van der Waals surface area contributed by atoms with Gasteiger partial charge in [0.05, 0.1) is 12.1 Å². The Morgan fingerprint density at radius 3 is 3.04 bits per heavy atom. The van der Waals surface area contributed by atoms with Crippen LogP contribution >= 0.6 is 0 Å². The van der Waals surface area contributed by atoms with Gasteiger partial charge in [-0.25, -0.2) is 9.78 Å². The number of likely N-dealkylation sites (tertiary alicyclic amines) is 1. The molecule has 126 valence electrons. The number of benzene rings is 1. The molecule has 2 aromatic heterocycles. The largest absolute Gasteiger partial charge is 0.419 e. The molecule has 1 saturated heterocycles. The molecule has 0 radical (unpaired) electrons. The highest BCUT2D eigenvalue weighted by Crippen LogP contribution is 2.19. The van der Waals surface area contributed by atoms with Crippen molar-refractivity contribution in [3.05, 3.63) is 47.5 Å². The van der Waals surface area contributed by atoms with Crippen molar-refractivity contribution in [3.63, 3.8) is 0 Å². The van der Waals surface area contributed by atoms with Gasteiger partial charge < -0.3 is 4.42 Å². The summed E-state index contributed by atoms with van der Waals surface area (Å²) < 4.78 is 8.92. The third-order valence-electron chi connectivity index (χ3n) is 4.76. The van der Waals surface area contributed by atoms with Crippen LogP contribution in [0.4, 0.5) is 0 Å². The Morgan fingerprint density at radius 1 is 1.25 bits per heavy atom. The van der Waals surface area contributed by atoms with E-state index in [4.69, 9.17) is 4.42 Å². The lowest BCUT2D eigenvalue weighted by Crippen LogP contribution is -2.34. The van der Waals surface area contributed by atoms with Gasteiger partial charge >= 0.3 is 5.76 Å². The fourth-order valence-corrected chi connectivity index (χ4v) is 3.60. The third kappa shape index (κ3) is 2.99. The first-order chi connectivity index (χ1) is 11.8. The van der Waals surface area contributed by atoms with Crippen molar-refractivity contribution in [2.24, 2.45) is 0 Å². The number of nitrogens with zero attached hydrogens (tertiary/aromatic N) is 5. The summed E-state index contributed by atoms with van der Waals surface area (Å²) in [4.78, 5) is 18.5. The molecule has 1 fully saturated rings. The molecular weight excluding hydrogens is 306 g/mol. The van der Waals surface area contributed by atoms with Gasteiger partial charge in [-0.2, -0.15) is 5.10 Å². The molecule has 0 spiro atoms. The molecule has 1 aliphatic heterocycles. The van der Waals surface area contributed by atoms with E-state index in [2.05, 4.69) is 15.0 Å². The van der Waals surface area contributed by atoms with Crippen molar-refractivity contribution in [1.82, 2.24) is 24.2 Å². The summed E-state index contributed by atoms with van der Waals surface area (Å²) in [5.41, 5.74) is 1.54. The van der Waals surface area contributed by atoms with Gasteiger partial charge in [0.25, 0.3) is 0 Å². The van der Waals surface area contributed by atoms with Gasteiger partial charge in [0, 0.05) is 19.1 Å². The molecule has 7 nitrogen and oxygen atoms in total. The maximum absolute atomic E-state index is 12.0. The maximum atomic E-state index is 12.0. The van der Waals surface area contributed by atoms with E-state index in [0.717, 1.165) is 31.6 Å². The standard InChI is InChI=1S/C17H21N5O2/c23-17-22(15-6-1-2-7-16(15)24-17)10-4-9-20-8-3-5-14(20)11-21-13-18-12-19-21/h1-2,6-7,12-14H,3-5,8-11H2/t14-/m0/s1. The normalized spacial score (nSPS) is 18.6. The molecule has 4 rings (SSSR count). The number of para-hydroxylation sites is 2. The zero-order valence-electron chi connectivity index (χ0n) is 13.5. The topological polar surface area (TPSA) is 69.1 Å². The maximum Gasteiger partial charge on any atom is 0.419 e. The second-order valence-electron chi connectivity index (χ2n) is 6.29. The van der Waals surface area contributed by atoms with Crippen LogP contribution in [0.2, 0.25) is 0 Å². The summed E-state index contributed by atoms with van der Waals surface area (Å²) in [6.07, 6.45) is 6.68. The molecule has 1 aromatic carbocycles. The Bertz CT molecular complexity index is 851. The summed E-state index contributed by atoms with van der Waals surface area (Å²) in [6, 6.07) is 8.09. The Hall–Kier alpha value is -2.41. The first-order valence-electron chi connectivity index (χ1n) is 8.46. The van der Waals surface area contributed by atoms with Gasteiger partial charge in [0.2, 0.25) is 0 Å². The van der Waals surface area contributed by atoms with Gasteiger partial charge in [-0.1, -0.05) is 12.1 Å². The Kier molecular flexibility index (Phi) is 4.17. The quantitative estimate of drug-likeness (QED) is 0.690. The molecule has 0 amide bonds. The fourth-order valence-electron chi connectivity index (χ4n) is 3.60. The summed E-state index contributed by atoms with van der Waals surface area (Å²) in [5, 5.41) is 4.20. The second kappa shape index (κ2) is 6.60. The van der Waals surface area contributed by atoms with E-state index in [-0.39, 0.29) is 5.76 Å². The van der Waals surface area contributed by atoms with Crippen LogP contribution in [-0.4, -0.2) is 43.4 Å². The molecule has 1 atom stereocenters. The molecule has 24 heavy (non-hydrogen) atoms. The van der Waals surface area contributed by atoms with E-state index in [1.54, 1.807) is 17.2 Å². The first kappa shape index (κ1) is 15.1. The van der Waals surface area contributed by atoms with Gasteiger partial charge in [-0.15, -0.1) is 0 Å². The number of hydrogen-bond donors (Lipinski definition) is 0. The highest BCUT2D eigenvalue weighted by Gasteiger charge is 2.24. The SMILES string of the molecule is O=c1oc2ccccc2n1CCCN1CCC[C@H]1Cn1cncn1. The molecule has 0 unspecified atom stereocenters. The number of hydrogen-bond acceptors (Lipinski definition) is 5. The van der Waals surface area contributed by atoms with Crippen molar-refractivity contribution < 1.29 is 4.42 Å². The van der Waals surface area contributed by atoms with Crippen LogP contribution in [0.25, 0.3) is 11.1 Å². The molecule has 0 bridgehead atoms. The smallest absolute Gasteiger partial charge is 0.408 e. The molecule has 1 aliphatic rings. The Labute approximate surface area is 139 Å². The average Bonchev–Trinajstić information content (AvgIpc) is 3.30. The van der Waals surface area contributed by atoms with Crippen molar-refractivity contribution in [1.29, 1.82) is 0 Å². The minimum atomic E-state index is -0.267. The summed E-state index contributed by atoms with van der Waals surface area (Å²) in [7, 11) is 0. The van der Waals surface area contributed by atoms with E-state index >= 15 is 0 Å². The lowest BCUT2D eigenvalue weighted by Gasteiger charge is -2.24. The van der Waals surface area contributed by atoms with E-state index in [9.17, 15) is 4.79 Å². The molecular formula is C17H21N5O2. The van der Waals surface area contributed by atoms with Crippen LogP contribution < -0.4 is 5.76 Å². The second-order valence-corrected chi connectivity index (χ2v) is 6.29. The van der Waals surface area contributed by atoms with Crippen LogP contribution in [-0.2, 0) is 13.1 Å². The molecule has 0 aliphatic carbocycles. The average molecular weight is 327 g/mol. The third-order valence-corrected chi connectivity index (χ3v) is 4.76. The summed E-state index contributed by atoms with van der Waals surface area (Å²) >= 11 is 0. The fraction of sp³-hybridized carbons (Fsp3) is 0.471. The zero-order chi connectivity index (χ0) is 16.4. The summed E-state index contributed by atoms with van der Waals surface area (Å²) in [6.45, 7) is 3.66. The molecule has 0 N–H and O–H groups in total. The number of aromatic nitrogens is 4. The Morgan fingerprint density at radius 2 is 2.17 bits per heavy atom. The van der Waals surface area contributed by atoms with Gasteiger partial charge in [-0.05, 0) is 37.9 Å². The van der Waals surface area contributed by atoms with Crippen molar-refractivity contribution in [2.75, 3.05) is 13.1 Å². The lowest BCUT2D eigenvalue weighted by molar-refractivity contribution is 0.220. The van der Waals surface area contributed by atoms with E-state index in [1.165, 1.54) is 12.8 Å². The monoisotopic (exact) mass is 327 g/mol. The predicted molar refractivity (Wildman–Crippen MR) is 89.7 cm³/mol. The van der Waals surface area contributed by atoms with Crippen LogP contribution in [0.3, 0.4) is 0 Å². The van der Waals surface area contributed by atoms with Crippen molar-refractivity contribution >= 4 is 11.1 Å². The lowest BCUT2D eigenvalue weighted by atomic mass is 10.2. The number of fused-ring (bicyclic) bond motifs is 1. The van der Waals surface area contributed by atoms with Crippen molar-refractivity contribution in [3.8, 4) is 0 Å². The van der Waals surface area contributed by atoms with E-state index in [0.29, 0.717) is 18.2 Å². The predicted octanol–water partition coefficient (Wildman–Crippen LogP) is 1.74. The highest BCUT2D eigenvalue weighted by molar-refractivity contribution is 5.72. The molecule has 0 saturated carbocycles. The zero-order valence-corrected chi connectivity index (χ0v) is 13.5. The minimum Gasteiger partial charge on any atom is -0.408 e. The summed E-state index contributed by atoms with van der Waals surface area (Å²) in [5.74, 6) is -0.267. The van der Waals surface area contributed by atoms with Gasteiger partial charge in [0.1, 0.15) is 12.7 Å². The van der Waals surface area contributed by atoms with Crippen molar-refractivity contribution in [2.45, 2.75) is 38.4 Å². The minimum absolute atomic E-state index is 0.267. The van der Waals surface area contributed by atoms with Gasteiger partial charge in [-0.3, -0.25) is 14.1 Å². The number of rotatable bonds is 6. The number of aryl methyl sites for hydroxylation is 1. The molecule has 7 heteroatoms. The van der Waals surface area contributed by atoms with Crippen LogP contribution in [0.15, 0.2) is 46.1 Å². The molecule has 3 aromatic rings. The first-order valence-corrected chi connectivity index (χ1v) is 8.46. The molecule has 3 heterocycles. The Balaban J connectivity index is 1.38. The van der Waals surface area contributed by atoms with E-state index in [1.807, 2.05) is 28.9 Å². The highest BCUT2D eigenvalue weighted by atomic mass is 16.4. The van der Waals surface area contributed by atoms with Gasteiger partial charge in [0.15, 0.2) is 5.58 Å². The number of oxazole rings is 1. The van der Waals surface area contributed by atoms with Crippen LogP contribution in [0.5, 0.6) is 0 Å².